The summed E-state index contributed by atoms with van der Waals surface area (Å²) in [5, 5.41) is 11.8. The molecule has 8 aromatic rings. The topological polar surface area (TPSA) is 9.23 Å². The van der Waals surface area contributed by atoms with E-state index in [9.17, 15) is 0 Å². The van der Waals surface area contributed by atoms with Gasteiger partial charge in [-0.15, -0.1) is 0 Å². The quantitative estimate of drug-likeness (QED) is 0.175. The minimum atomic E-state index is 0.866. The fourth-order valence-electron chi connectivity index (χ4n) is 6.14. The highest BCUT2D eigenvalue weighted by atomic mass is 16.5. The maximum Gasteiger partial charge on any atom is 0.143 e. The number of rotatable bonds is 3. The lowest BCUT2D eigenvalue weighted by atomic mass is 9.86. The predicted octanol–water partition coefficient (Wildman–Crippen LogP) is 10.9. The first-order chi connectivity index (χ1) is 19.4. The number of hydrogen-bond acceptors (Lipinski definition) is 1. The Morgan fingerprint density at radius 1 is 0.333 bits per heavy atom. The maximum absolute atomic E-state index is 6.95. The van der Waals surface area contributed by atoms with Crippen LogP contribution in [0.2, 0.25) is 0 Å². The van der Waals surface area contributed by atoms with E-state index in [0.29, 0.717) is 0 Å². The summed E-state index contributed by atoms with van der Waals surface area (Å²) in [6, 6.07) is 51.8. The van der Waals surface area contributed by atoms with E-state index >= 15 is 0 Å². The minimum absolute atomic E-state index is 0.866. The first-order valence-corrected chi connectivity index (χ1v) is 13.4. The summed E-state index contributed by atoms with van der Waals surface area (Å²) >= 11 is 0. The average Bonchev–Trinajstić information content (AvgIpc) is 3.01. The summed E-state index contributed by atoms with van der Waals surface area (Å²) in [6.45, 7) is 0. The van der Waals surface area contributed by atoms with Crippen LogP contribution >= 0.6 is 0 Å². The van der Waals surface area contributed by atoms with Crippen LogP contribution in [0.25, 0.3) is 65.0 Å². The number of ether oxygens (including phenoxy) is 1. The van der Waals surface area contributed by atoms with E-state index in [0.717, 1.165) is 27.7 Å². The largest absolute Gasteiger partial charge is 0.455 e. The normalized spacial score (nSPS) is 11.6. The van der Waals surface area contributed by atoms with Crippen LogP contribution in [0, 0.1) is 0 Å². The second-order valence-corrected chi connectivity index (χ2v) is 10.1. The Bertz CT molecular complexity index is 2200. The lowest BCUT2D eigenvalue weighted by Crippen LogP contribution is -1.94. The van der Waals surface area contributed by atoms with Gasteiger partial charge in [-0.2, -0.15) is 0 Å². The molecule has 1 nitrogen and oxygen atoms in total. The Labute approximate surface area is 226 Å². The Hall–Kier alpha value is -5.14. The molecule has 0 N–H and O–H groups in total. The zero-order chi connectivity index (χ0) is 25.8. The van der Waals surface area contributed by atoms with Crippen LogP contribution in [0.4, 0.5) is 0 Å². The molecule has 0 aliphatic heterocycles. The van der Waals surface area contributed by atoms with Crippen LogP contribution in [-0.2, 0) is 0 Å². The molecular weight excluding hydrogens is 472 g/mol. The second kappa shape index (κ2) is 8.72. The third-order valence-electron chi connectivity index (χ3n) is 7.89. The van der Waals surface area contributed by atoms with Gasteiger partial charge in [0, 0.05) is 21.5 Å². The fraction of sp³-hybridized carbons (Fsp3) is 0. The van der Waals surface area contributed by atoms with E-state index in [-0.39, 0.29) is 0 Å². The van der Waals surface area contributed by atoms with Gasteiger partial charge in [-0.05, 0) is 55.6 Å². The van der Waals surface area contributed by atoms with Crippen LogP contribution in [0.3, 0.4) is 0 Å². The average molecular weight is 497 g/mol. The predicted molar refractivity (Wildman–Crippen MR) is 166 cm³/mol. The summed E-state index contributed by atoms with van der Waals surface area (Å²) in [7, 11) is 0. The molecule has 0 amide bonds. The zero-order valence-electron chi connectivity index (χ0n) is 21.3. The summed E-state index contributed by atoms with van der Waals surface area (Å²) in [4.78, 5) is 0. The molecule has 8 aromatic carbocycles. The van der Waals surface area contributed by atoms with Crippen molar-refractivity contribution in [3.63, 3.8) is 0 Å². The minimum Gasteiger partial charge on any atom is -0.455 e. The van der Waals surface area contributed by atoms with Gasteiger partial charge < -0.3 is 4.74 Å². The molecule has 0 fully saturated rings. The highest BCUT2D eigenvalue weighted by molar-refractivity contribution is 6.26. The highest BCUT2D eigenvalue weighted by Gasteiger charge is 2.20. The van der Waals surface area contributed by atoms with Crippen molar-refractivity contribution < 1.29 is 4.74 Å². The summed E-state index contributed by atoms with van der Waals surface area (Å²) in [6.07, 6.45) is 0. The van der Waals surface area contributed by atoms with Gasteiger partial charge in [-0.1, -0.05) is 133 Å². The van der Waals surface area contributed by atoms with Gasteiger partial charge in [0.1, 0.15) is 11.5 Å². The van der Waals surface area contributed by atoms with E-state index in [2.05, 4.69) is 146 Å². The molecule has 0 bridgehead atoms. The van der Waals surface area contributed by atoms with Gasteiger partial charge >= 0.3 is 0 Å². The molecule has 0 aromatic heterocycles. The third kappa shape index (κ3) is 3.41. The van der Waals surface area contributed by atoms with Crippen LogP contribution in [0.1, 0.15) is 0 Å². The second-order valence-electron chi connectivity index (χ2n) is 10.1. The molecule has 39 heavy (non-hydrogen) atoms. The zero-order valence-corrected chi connectivity index (χ0v) is 21.3. The van der Waals surface area contributed by atoms with E-state index in [4.69, 9.17) is 4.74 Å². The van der Waals surface area contributed by atoms with Gasteiger partial charge in [0.05, 0.1) is 0 Å². The first-order valence-electron chi connectivity index (χ1n) is 13.4. The molecule has 8 rings (SSSR count). The van der Waals surface area contributed by atoms with Crippen molar-refractivity contribution in [3.05, 3.63) is 146 Å². The Morgan fingerprint density at radius 2 is 0.872 bits per heavy atom. The molecule has 0 saturated carbocycles. The first kappa shape index (κ1) is 21.9. The van der Waals surface area contributed by atoms with Crippen LogP contribution in [0.15, 0.2) is 146 Å². The van der Waals surface area contributed by atoms with Crippen molar-refractivity contribution in [2.75, 3.05) is 0 Å². The van der Waals surface area contributed by atoms with Gasteiger partial charge in [-0.25, -0.2) is 0 Å². The Morgan fingerprint density at radius 3 is 1.64 bits per heavy atom. The van der Waals surface area contributed by atoms with Gasteiger partial charge in [0.25, 0.3) is 0 Å². The van der Waals surface area contributed by atoms with Crippen LogP contribution < -0.4 is 4.74 Å². The Kier molecular flexibility index (Phi) is 4.89. The van der Waals surface area contributed by atoms with Crippen molar-refractivity contribution in [1.82, 2.24) is 0 Å². The molecule has 0 spiro atoms. The maximum atomic E-state index is 6.95. The molecule has 0 aliphatic carbocycles. The van der Waals surface area contributed by atoms with Crippen molar-refractivity contribution in [3.8, 4) is 22.6 Å². The van der Waals surface area contributed by atoms with Crippen molar-refractivity contribution >= 4 is 53.9 Å². The molecule has 0 saturated heterocycles. The highest BCUT2D eigenvalue weighted by Crippen LogP contribution is 2.48. The molecule has 0 heterocycles. The molecule has 0 unspecified atom stereocenters. The standard InChI is InChI=1S/C38H24O/c1-4-16-28-25(11-1)14-9-21-31(28)37-32-19-7-8-20-33(32)38(34-24-23-27-13-3-6-18-30(27)36(34)37)39-35-22-10-15-26-12-2-5-17-29(26)35/h1-24H. The summed E-state index contributed by atoms with van der Waals surface area (Å²) in [5.41, 5.74) is 2.49. The van der Waals surface area contributed by atoms with Crippen molar-refractivity contribution in [2.24, 2.45) is 0 Å². The van der Waals surface area contributed by atoms with Crippen molar-refractivity contribution in [1.29, 1.82) is 0 Å². The lowest BCUT2D eigenvalue weighted by molar-refractivity contribution is 0.499. The fourth-order valence-corrected chi connectivity index (χ4v) is 6.14. The third-order valence-corrected chi connectivity index (χ3v) is 7.89. The summed E-state index contributed by atoms with van der Waals surface area (Å²) < 4.78 is 6.95. The van der Waals surface area contributed by atoms with E-state index in [1.807, 2.05) is 0 Å². The van der Waals surface area contributed by atoms with Gasteiger partial charge in [0.15, 0.2) is 0 Å². The van der Waals surface area contributed by atoms with Gasteiger partial charge in [0.2, 0.25) is 0 Å². The van der Waals surface area contributed by atoms with E-state index < -0.39 is 0 Å². The Balaban J connectivity index is 1.55. The summed E-state index contributed by atoms with van der Waals surface area (Å²) in [5.74, 6) is 1.76. The molecule has 1 heteroatoms. The van der Waals surface area contributed by atoms with Crippen LogP contribution in [-0.4, -0.2) is 0 Å². The van der Waals surface area contributed by atoms with E-state index in [1.165, 1.54) is 48.8 Å². The SMILES string of the molecule is c1ccc2c(Oc3c4ccccc4c(-c4cccc5ccccc45)c4c3ccc3ccccc34)cccc2c1. The number of hydrogen-bond donors (Lipinski definition) is 0. The van der Waals surface area contributed by atoms with Crippen molar-refractivity contribution in [2.45, 2.75) is 0 Å². The smallest absolute Gasteiger partial charge is 0.143 e. The van der Waals surface area contributed by atoms with Crippen LogP contribution in [0.5, 0.6) is 11.5 Å². The number of benzene rings is 8. The van der Waals surface area contributed by atoms with Gasteiger partial charge in [-0.3, -0.25) is 0 Å². The molecular formula is C38H24O. The monoisotopic (exact) mass is 496 g/mol. The molecule has 182 valence electrons. The molecule has 0 radical (unpaired) electrons. The molecule has 0 aliphatic rings. The van der Waals surface area contributed by atoms with E-state index in [1.54, 1.807) is 0 Å². The number of fused-ring (bicyclic) bond motifs is 6. The lowest BCUT2D eigenvalue weighted by Gasteiger charge is -2.20. The molecule has 0 atom stereocenters.